The molecule has 1 aromatic heterocycles. The van der Waals surface area contributed by atoms with Gasteiger partial charge in [-0.1, -0.05) is 78.9 Å². The number of para-hydroxylation sites is 1. The Balaban J connectivity index is 0.00000225. The standard InChI is InChI=1S/C24H19NO2.ClH/c1-2-27-24(26)22-21(17-11-5-3-6-12-17)19-15-9-10-16-20(19)25-23(22)18-13-7-4-8-14-18;/h3-16H,2H2,1H3;1H. The van der Waals surface area contributed by atoms with E-state index < -0.39 is 0 Å². The van der Waals surface area contributed by atoms with E-state index in [0.29, 0.717) is 17.9 Å². The summed E-state index contributed by atoms with van der Waals surface area (Å²) in [5.41, 5.74) is 4.72. The van der Waals surface area contributed by atoms with Gasteiger partial charge in [-0.2, -0.15) is 0 Å². The number of fused-ring (bicyclic) bond motifs is 1. The Morgan fingerprint density at radius 2 is 1.39 bits per heavy atom. The Hall–Kier alpha value is -3.17. The van der Waals surface area contributed by atoms with Gasteiger partial charge in [0.05, 0.1) is 23.4 Å². The highest BCUT2D eigenvalue weighted by molar-refractivity contribution is 6.11. The van der Waals surface area contributed by atoms with E-state index in [1.54, 1.807) is 0 Å². The van der Waals surface area contributed by atoms with E-state index >= 15 is 0 Å². The first kappa shape index (κ1) is 19.6. The molecule has 0 bridgehead atoms. The molecular formula is C24H20ClNO2. The molecule has 4 aromatic rings. The smallest absolute Gasteiger partial charge is 0.341 e. The molecule has 0 amide bonds. The summed E-state index contributed by atoms with van der Waals surface area (Å²) in [6, 6.07) is 27.6. The lowest BCUT2D eigenvalue weighted by Crippen LogP contribution is -2.10. The summed E-state index contributed by atoms with van der Waals surface area (Å²) >= 11 is 0. The average molecular weight is 390 g/mol. The Kier molecular flexibility index (Phi) is 6.07. The average Bonchev–Trinajstić information content (AvgIpc) is 2.73. The van der Waals surface area contributed by atoms with Gasteiger partial charge in [0.2, 0.25) is 0 Å². The fraction of sp³-hybridized carbons (Fsp3) is 0.0833. The number of ether oxygens (including phenoxy) is 1. The third-order valence-corrected chi connectivity index (χ3v) is 4.48. The summed E-state index contributed by atoms with van der Waals surface area (Å²) in [5, 5.41) is 0.937. The van der Waals surface area contributed by atoms with Crippen LogP contribution in [0.2, 0.25) is 0 Å². The van der Waals surface area contributed by atoms with Crippen LogP contribution in [-0.2, 0) is 4.74 Å². The van der Waals surface area contributed by atoms with Gasteiger partial charge in [0, 0.05) is 16.5 Å². The van der Waals surface area contributed by atoms with Crippen LogP contribution in [0.3, 0.4) is 0 Å². The monoisotopic (exact) mass is 389 g/mol. The van der Waals surface area contributed by atoms with Gasteiger partial charge in [0.1, 0.15) is 0 Å². The Morgan fingerprint density at radius 3 is 2.04 bits per heavy atom. The van der Waals surface area contributed by atoms with Crippen LogP contribution in [0.1, 0.15) is 17.3 Å². The van der Waals surface area contributed by atoms with E-state index in [1.807, 2.05) is 91.9 Å². The minimum Gasteiger partial charge on any atom is -0.462 e. The largest absolute Gasteiger partial charge is 0.462 e. The van der Waals surface area contributed by atoms with Gasteiger partial charge in [-0.25, -0.2) is 9.78 Å². The van der Waals surface area contributed by atoms with Crippen LogP contribution in [0.4, 0.5) is 0 Å². The normalized spacial score (nSPS) is 10.3. The van der Waals surface area contributed by atoms with Crippen molar-refractivity contribution in [2.24, 2.45) is 0 Å². The topological polar surface area (TPSA) is 39.2 Å². The number of aromatic nitrogens is 1. The Bertz CT molecular complexity index is 1100. The summed E-state index contributed by atoms with van der Waals surface area (Å²) in [7, 11) is 0. The molecule has 4 rings (SSSR count). The van der Waals surface area contributed by atoms with Gasteiger partial charge in [-0.15, -0.1) is 12.4 Å². The third kappa shape index (κ3) is 3.62. The maximum Gasteiger partial charge on any atom is 0.341 e. The highest BCUT2D eigenvalue weighted by Crippen LogP contribution is 2.37. The molecule has 0 aliphatic rings. The first-order valence-electron chi connectivity index (χ1n) is 9.00. The zero-order chi connectivity index (χ0) is 18.6. The molecule has 0 aliphatic carbocycles. The quantitative estimate of drug-likeness (QED) is 0.392. The molecular weight excluding hydrogens is 370 g/mol. The van der Waals surface area contributed by atoms with Crippen molar-refractivity contribution in [2.45, 2.75) is 6.92 Å². The number of rotatable bonds is 4. The number of hydrogen-bond donors (Lipinski definition) is 0. The van der Waals surface area contributed by atoms with Crippen molar-refractivity contribution in [3.63, 3.8) is 0 Å². The molecule has 28 heavy (non-hydrogen) atoms. The van der Waals surface area contributed by atoms with Crippen molar-refractivity contribution in [3.05, 3.63) is 90.5 Å². The molecule has 0 fully saturated rings. The fourth-order valence-corrected chi connectivity index (χ4v) is 3.32. The lowest BCUT2D eigenvalue weighted by molar-refractivity contribution is 0.0528. The van der Waals surface area contributed by atoms with Crippen LogP contribution >= 0.6 is 12.4 Å². The molecule has 0 N–H and O–H groups in total. The highest BCUT2D eigenvalue weighted by Gasteiger charge is 2.24. The lowest BCUT2D eigenvalue weighted by atomic mass is 9.92. The summed E-state index contributed by atoms with van der Waals surface area (Å²) in [6.07, 6.45) is 0. The number of nitrogens with zero attached hydrogens (tertiary/aromatic N) is 1. The number of carbonyl (C=O) groups excluding carboxylic acids is 1. The van der Waals surface area contributed by atoms with Crippen molar-refractivity contribution < 1.29 is 9.53 Å². The maximum atomic E-state index is 13.0. The molecule has 4 heteroatoms. The van der Waals surface area contributed by atoms with Gasteiger partial charge in [-0.3, -0.25) is 0 Å². The summed E-state index contributed by atoms with van der Waals surface area (Å²) in [6.45, 7) is 2.13. The molecule has 0 unspecified atom stereocenters. The van der Waals surface area contributed by atoms with Crippen LogP contribution in [0.25, 0.3) is 33.3 Å². The first-order chi connectivity index (χ1) is 13.3. The number of hydrogen-bond acceptors (Lipinski definition) is 3. The van der Waals surface area contributed by atoms with E-state index in [1.165, 1.54) is 0 Å². The highest BCUT2D eigenvalue weighted by atomic mass is 35.5. The number of pyridine rings is 1. The molecule has 0 spiro atoms. The van der Waals surface area contributed by atoms with Crippen LogP contribution in [-0.4, -0.2) is 17.6 Å². The molecule has 0 saturated carbocycles. The first-order valence-corrected chi connectivity index (χ1v) is 9.00. The molecule has 0 atom stereocenters. The van der Waals surface area contributed by atoms with Crippen LogP contribution < -0.4 is 0 Å². The van der Waals surface area contributed by atoms with Crippen molar-refractivity contribution in [3.8, 4) is 22.4 Å². The third-order valence-electron chi connectivity index (χ3n) is 4.48. The van der Waals surface area contributed by atoms with Gasteiger partial charge < -0.3 is 4.74 Å². The van der Waals surface area contributed by atoms with Crippen molar-refractivity contribution in [1.29, 1.82) is 0 Å². The fourth-order valence-electron chi connectivity index (χ4n) is 3.32. The summed E-state index contributed by atoms with van der Waals surface area (Å²) < 4.78 is 5.42. The zero-order valence-corrected chi connectivity index (χ0v) is 16.3. The summed E-state index contributed by atoms with van der Waals surface area (Å²) in [4.78, 5) is 17.8. The number of benzene rings is 3. The molecule has 140 valence electrons. The van der Waals surface area contributed by atoms with Crippen LogP contribution in [0, 0.1) is 0 Å². The van der Waals surface area contributed by atoms with Crippen molar-refractivity contribution in [2.75, 3.05) is 6.61 Å². The lowest BCUT2D eigenvalue weighted by Gasteiger charge is -2.17. The van der Waals surface area contributed by atoms with E-state index in [-0.39, 0.29) is 18.4 Å². The molecule has 3 aromatic carbocycles. The van der Waals surface area contributed by atoms with Crippen LogP contribution in [0.5, 0.6) is 0 Å². The second-order valence-electron chi connectivity index (χ2n) is 6.18. The number of carbonyl (C=O) groups is 1. The molecule has 1 heterocycles. The summed E-state index contributed by atoms with van der Waals surface area (Å²) in [5.74, 6) is -0.353. The van der Waals surface area contributed by atoms with Crippen LogP contribution in [0.15, 0.2) is 84.9 Å². The van der Waals surface area contributed by atoms with Crippen molar-refractivity contribution in [1.82, 2.24) is 4.98 Å². The molecule has 3 nitrogen and oxygen atoms in total. The minimum absolute atomic E-state index is 0. The minimum atomic E-state index is -0.353. The second kappa shape index (κ2) is 8.68. The van der Waals surface area contributed by atoms with Gasteiger partial charge >= 0.3 is 5.97 Å². The molecule has 0 aliphatic heterocycles. The Morgan fingerprint density at radius 1 is 0.821 bits per heavy atom. The predicted octanol–water partition coefficient (Wildman–Crippen LogP) is 6.17. The molecule has 0 radical (unpaired) electrons. The van der Waals surface area contributed by atoms with E-state index in [0.717, 1.165) is 27.6 Å². The number of esters is 1. The number of halogens is 1. The van der Waals surface area contributed by atoms with E-state index in [4.69, 9.17) is 9.72 Å². The van der Waals surface area contributed by atoms with Crippen molar-refractivity contribution >= 4 is 29.3 Å². The SMILES string of the molecule is CCOC(=O)c1c(-c2ccccc2)nc2ccccc2c1-c1ccccc1.Cl. The zero-order valence-electron chi connectivity index (χ0n) is 15.5. The molecule has 0 saturated heterocycles. The van der Waals surface area contributed by atoms with E-state index in [9.17, 15) is 4.79 Å². The van der Waals surface area contributed by atoms with Gasteiger partial charge in [0.15, 0.2) is 0 Å². The second-order valence-corrected chi connectivity index (χ2v) is 6.18. The van der Waals surface area contributed by atoms with Gasteiger partial charge in [-0.05, 0) is 18.6 Å². The Labute approximate surface area is 170 Å². The maximum absolute atomic E-state index is 13.0. The van der Waals surface area contributed by atoms with E-state index in [2.05, 4.69) is 0 Å². The van der Waals surface area contributed by atoms with Gasteiger partial charge in [0.25, 0.3) is 0 Å². The predicted molar refractivity (Wildman–Crippen MR) is 116 cm³/mol.